The van der Waals surface area contributed by atoms with Crippen molar-refractivity contribution in [3.8, 4) is 0 Å². The number of rotatable bonds is 9. The highest BCUT2D eigenvalue weighted by Gasteiger charge is 2.35. The first-order valence-corrected chi connectivity index (χ1v) is 11.7. The zero-order valence-corrected chi connectivity index (χ0v) is 18.7. The van der Waals surface area contributed by atoms with Crippen molar-refractivity contribution < 1.29 is 13.6 Å². The number of carbonyl (C=O) groups excluding carboxylic acids is 1. The average Bonchev–Trinajstić information content (AvgIpc) is 3.48. The predicted molar refractivity (Wildman–Crippen MR) is 116 cm³/mol. The first-order chi connectivity index (χ1) is 14.8. The molecule has 0 aliphatic heterocycles. The van der Waals surface area contributed by atoms with Gasteiger partial charge < -0.3 is 4.57 Å². The Labute approximate surface area is 183 Å². The van der Waals surface area contributed by atoms with Gasteiger partial charge in [-0.3, -0.25) is 4.79 Å². The van der Waals surface area contributed by atoms with Crippen LogP contribution in [0.2, 0.25) is 0 Å². The summed E-state index contributed by atoms with van der Waals surface area (Å²) in [4.78, 5) is 12.6. The molecule has 2 aromatic rings. The molecule has 0 amide bonds. The van der Waals surface area contributed by atoms with E-state index >= 15 is 0 Å². The van der Waals surface area contributed by atoms with Crippen LogP contribution in [-0.4, -0.2) is 26.5 Å². The zero-order valence-electron chi connectivity index (χ0n) is 18.7. The quantitative estimate of drug-likeness (QED) is 0.511. The molecule has 1 aromatic heterocycles. The van der Waals surface area contributed by atoms with Crippen molar-refractivity contribution in [1.29, 1.82) is 0 Å². The first kappa shape index (κ1) is 22.1. The number of halogens is 2. The molecule has 0 bridgehead atoms. The number of alkyl halides is 2. The highest BCUT2D eigenvalue weighted by molar-refractivity contribution is 5.81. The Bertz CT molecular complexity index is 923. The highest BCUT2D eigenvalue weighted by atomic mass is 19.3. The summed E-state index contributed by atoms with van der Waals surface area (Å²) in [6, 6.07) is 6.67. The third-order valence-corrected chi connectivity index (χ3v) is 6.88. The Balaban J connectivity index is 1.33. The summed E-state index contributed by atoms with van der Waals surface area (Å²) in [6.07, 6.45) is 6.72. The van der Waals surface area contributed by atoms with Gasteiger partial charge in [-0.25, -0.2) is 8.78 Å². The fourth-order valence-corrected chi connectivity index (χ4v) is 4.77. The van der Waals surface area contributed by atoms with Gasteiger partial charge in [0.25, 0.3) is 0 Å². The normalized spacial score (nSPS) is 19.0. The molecular formula is C25H33F2N3O. The van der Waals surface area contributed by atoms with Crippen LogP contribution in [0, 0.1) is 19.8 Å². The fourth-order valence-electron chi connectivity index (χ4n) is 4.77. The molecule has 2 aliphatic rings. The summed E-state index contributed by atoms with van der Waals surface area (Å²) >= 11 is 0. The third kappa shape index (κ3) is 5.78. The number of ketones is 1. The van der Waals surface area contributed by atoms with Crippen LogP contribution in [0.25, 0.3) is 0 Å². The van der Waals surface area contributed by atoms with Crippen LogP contribution in [0.4, 0.5) is 8.78 Å². The first-order valence-electron chi connectivity index (χ1n) is 11.7. The van der Waals surface area contributed by atoms with Gasteiger partial charge in [-0.2, -0.15) is 0 Å². The molecule has 0 N–H and O–H groups in total. The third-order valence-electron chi connectivity index (χ3n) is 6.88. The van der Waals surface area contributed by atoms with Crippen molar-refractivity contribution in [2.24, 2.45) is 5.92 Å². The lowest BCUT2D eigenvalue weighted by molar-refractivity contribution is -0.118. The second kappa shape index (κ2) is 9.17. The smallest absolute Gasteiger partial charge is 0.248 e. The van der Waals surface area contributed by atoms with E-state index in [1.165, 1.54) is 5.56 Å². The van der Waals surface area contributed by atoms with E-state index in [2.05, 4.69) is 46.8 Å². The molecule has 0 radical (unpaired) electrons. The van der Waals surface area contributed by atoms with Crippen molar-refractivity contribution in [2.75, 3.05) is 0 Å². The molecule has 1 heterocycles. The van der Waals surface area contributed by atoms with E-state index in [9.17, 15) is 13.6 Å². The molecular weight excluding hydrogens is 396 g/mol. The Kier molecular flexibility index (Phi) is 6.54. The molecule has 0 unspecified atom stereocenters. The number of Topliss-reactive ketones (excluding diaryl/α,β-unsaturated/α-hetero) is 1. The second-order valence-electron chi connectivity index (χ2n) is 9.62. The summed E-state index contributed by atoms with van der Waals surface area (Å²) < 4.78 is 29.0. The van der Waals surface area contributed by atoms with Crippen molar-refractivity contribution in [3.05, 3.63) is 46.5 Å². The van der Waals surface area contributed by atoms with Gasteiger partial charge in [-0.05, 0) is 63.0 Å². The number of benzene rings is 1. The average molecular weight is 430 g/mol. The van der Waals surface area contributed by atoms with Crippen molar-refractivity contribution >= 4 is 5.78 Å². The van der Waals surface area contributed by atoms with E-state index < -0.39 is 5.92 Å². The maximum absolute atomic E-state index is 13.4. The van der Waals surface area contributed by atoms with E-state index in [4.69, 9.17) is 0 Å². The lowest BCUT2D eigenvalue weighted by Crippen LogP contribution is -2.25. The second-order valence-corrected chi connectivity index (χ2v) is 9.62. The summed E-state index contributed by atoms with van der Waals surface area (Å²) in [7, 11) is 0. The van der Waals surface area contributed by atoms with Crippen LogP contribution in [-0.2, 0) is 24.1 Å². The molecule has 1 aromatic carbocycles. The van der Waals surface area contributed by atoms with Crippen molar-refractivity contribution in [1.82, 2.24) is 14.8 Å². The molecule has 168 valence electrons. The minimum absolute atomic E-state index is 0.0147. The van der Waals surface area contributed by atoms with Gasteiger partial charge in [0.05, 0.1) is 0 Å². The van der Waals surface area contributed by atoms with Crippen LogP contribution >= 0.6 is 0 Å². The van der Waals surface area contributed by atoms with Crippen LogP contribution in [0.3, 0.4) is 0 Å². The Morgan fingerprint density at radius 3 is 2.39 bits per heavy atom. The molecule has 0 saturated heterocycles. The van der Waals surface area contributed by atoms with Gasteiger partial charge in [0.15, 0.2) is 0 Å². The van der Waals surface area contributed by atoms with Gasteiger partial charge >= 0.3 is 0 Å². The van der Waals surface area contributed by atoms with Crippen LogP contribution in [0.1, 0.15) is 85.7 Å². The number of hydrogen-bond donors (Lipinski definition) is 0. The zero-order chi connectivity index (χ0) is 22.0. The molecule has 31 heavy (non-hydrogen) atoms. The fraction of sp³-hybridized carbons (Fsp3) is 0.640. The molecule has 0 spiro atoms. The molecule has 2 saturated carbocycles. The van der Waals surface area contributed by atoms with Gasteiger partial charge in [-0.15, -0.1) is 10.2 Å². The van der Waals surface area contributed by atoms with E-state index in [0.29, 0.717) is 44.1 Å². The lowest BCUT2D eigenvalue weighted by Gasteiger charge is -2.28. The van der Waals surface area contributed by atoms with Crippen LogP contribution in [0.5, 0.6) is 0 Å². The highest BCUT2D eigenvalue weighted by Crippen LogP contribution is 2.39. The van der Waals surface area contributed by atoms with Gasteiger partial charge in [0.1, 0.15) is 17.4 Å². The molecule has 6 heteroatoms. The van der Waals surface area contributed by atoms with Crippen molar-refractivity contribution in [3.63, 3.8) is 0 Å². The number of aryl methyl sites for hydroxylation is 4. The van der Waals surface area contributed by atoms with Crippen LogP contribution in [0.15, 0.2) is 18.2 Å². The Hall–Kier alpha value is -2.11. The monoisotopic (exact) mass is 429 g/mol. The molecule has 4 rings (SSSR count). The van der Waals surface area contributed by atoms with E-state index in [1.807, 2.05) is 0 Å². The summed E-state index contributed by atoms with van der Waals surface area (Å²) in [5, 5.41) is 8.84. The standard InChI is InChI=1S/C25H33F2N3O/c1-17-3-5-20(18(2)15-17)16-22(31)8-10-24-29-28-23(30(24)21-6-7-21)9-4-19-11-13-25(26,27)14-12-19/h3,5,15,19,21H,4,6-14,16H2,1-2H3. The maximum atomic E-state index is 13.4. The Morgan fingerprint density at radius 2 is 1.74 bits per heavy atom. The summed E-state index contributed by atoms with van der Waals surface area (Å²) in [5.74, 6) is -0.0199. The Morgan fingerprint density at radius 1 is 1.06 bits per heavy atom. The van der Waals surface area contributed by atoms with Gasteiger partial charge in [-0.1, -0.05) is 23.8 Å². The minimum atomic E-state index is -2.47. The van der Waals surface area contributed by atoms with Crippen molar-refractivity contribution in [2.45, 2.75) is 96.4 Å². The number of carbonyl (C=O) groups is 1. The van der Waals surface area contributed by atoms with Gasteiger partial charge in [0.2, 0.25) is 5.92 Å². The lowest BCUT2D eigenvalue weighted by atomic mass is 9.84. The number of hydrogen-bond acceptors (Lipinski definition) is 3. The topological polar surface area (TPSA) is 47.8 Å². The number of aromatic nitrogens is 3. The number of nitrogens with zero attached hydrogens (tertiary/aromatic N) is 3. The maximum Gasteiger partial charge on any atom is 0.248 e. The summed E-state index contributed by atoms with van der Waals surface area (Å²) in [6.45, 7) is 4.11. The van der Waals surface area contributed by atoms with E-state index in [-0.39, 0.29) is 18.6 Å². The molecule has 2 aliphatic carbocycles. The molecule has 2 fully saturated rings. The van der Waals surface area contributed by atoms with E-state index in [1.54, 1.807) is 0 Å². The van der Waals surface area contributed by atoms with E-state index in [0.717, 1.165) is 48.5 Å². The molecule has 0 atom stereocenters. The SMILES string of the molecule is Cc1ccc(CC(=O)CCc2nnc(CCC3CCC(F)(F)CC3)n2C2CC2)c(C)c1. The minimum Gasteiger partial charge on any atom is -0.312 e. The molecule has 4 nitrogen and oxygen atoms in total. The largest absolute Gasteiger partial charge is 0.312 e. The van der Waals surface area contributed by atoms with Gasteiger partial charge in [0, 0.05) is 44.6 Å². The summed E-state index contributed by atoms with van der Waals surface area (Å²) in [5.41, 5.74) is 3.47. The van der Waals surface area contributed by atoms with Crippen LogP contribution < -0.4 is 0 Å². The predicted octanol–water partition coefficient (Wildman–Crippen LogP) is 5.73.